The summed E-state index contributed by atoms with van der Waals surface area (Å²) in [5.74, 6) is 0.694. The molecule has 1 aromatic heterocycles. The molecule has 0 aromatic carbocycles. The lowest BCUT2D eigenvalue weighted by molar-refractivity contribution is 0.128. The van der Waals surface area contributed by atoms with Gasteiger partial charge in [-0.3, -0.25) is 4.98 Å². The lowest BCUT2D eigenvalue weighted by atomic mass is 9.75. The highest BCUT2D eigenvalue weighted by molar-refractivity contribution is 7.89. The summed E-state index contributed by atoms with van der Waals surface area (Å²) in [6.07, 6.45) is 7.87. The Kier molecular flexibility index (Phi) is 5.01. The summed E-state index contributed by atoms with van der Waals surface area (Å²) in [4.78, 5) is 4.15. The number of nitrogens with two attached hydrogens (primary N) is 1. The van der Waals surface area contributed by atoms with Crippen LogP contribution in [-0.2, 0) is 10.0 Å². The van der Waals surface area contributed by atoms with Crippen molar-refractivity contribution < 1.29 is 8.42 Å². The highest BCUT2D eigenvalue weighted by atomic mass is 32.2. The molecular formula is C15H25N3O2S. The molecule has 0 bridgehead atoms. The molecular weight excluding hydrogens is 286 g/mol. The Morgan fingerprint density at radius 1 is 1.43 bits per heavy atom. The highest BCUT2D eigenvalue weighted by Crippen LogP contribution is 2.38. The molecule has 1 aliphatic rings. The van der Waals surface area contributed by atoms with E-state index >= 15 is 0 Å². The van der Waals surface area contributed by atoms with Crippen molar-refractivity contribution in [2.75, 3.05) is 13.6 Å². The zero-order chi connectivity index (χ0) is 15.5. The number of likely N-dealkylation sites (N-methyl/N-ethyl adjacent to an activating group) is 1. The van der Waals surface area contributed by atoms with Crippen molar-refractivity contribution in [3.05, 3.63) is 24.5 Å². The number of aromatic nitrogens is 1. The van der Waals surface area contributed by atoms with Gasteiger partial charge in [0.25, 0.3) is 0 Å². The second-order valence-corrected chi connectivity index (χ2v) is 7.91. The van der Waals surface area contributed by atoms with Crippen LogP contribution < -0.4 is 5.73 Å². The first-order valence-corrected chi connectivity index (χ1v) is 8.99. The molecule has 118 valence electrons. The summed E-state index contributed by atoms with van der Waals surface area (Å²) in [7, 11) is -1.89. The minimum atomic E-state index is -3.54. The van der Waals surface area contributed by atoms with Crippen LogP contribution in [-0.4, -0.2) is 36.8 Å². The summed E-state index contributed by atoms with van der Waals surface area (Å²) < 4.78 is 27.0. The second kappa shape index (κ2) is 6.42. The fourth-order valence-corrected chi connectivity index (χ4v) is 4.71. The van der Waals surface area contributed by atoms with E-state index < -0.39 is 15.6 Å². The van der Waals surface area contributed by atoms with Gasteiger partial charge in [0, 0.05) is 31.5 Å². The van der Waals surface area contributed by atoms with Crippen LogP contribution in [0.2, 0.25) is 0 Å². The van der Waals surface area contributed by atoms with E-state index in [1.165, 1.54) is 10.5 Å². The van der Waals surface area contributed by atoms with Gasteiger partial charge in [-0.2, -0.15) is 4.31 Å². The number of nitrogens with zero attached hydrogens (tertiary/aromatic N) is 2. The molecule has 0 amide bonds. The summed E-state index contributed by atoms with van der Waals surface area (Å²) in [5.41, 5.74) is 5.52. The number of sulfonamides is 1. The van der Waals surface area contributed by atoms with E-state index in [0.717, 1.165) is 32.1 Å². The van der Waals surface area contributed by atoms with Crippen molar-refractivity contribution in [1.82, 2.24) is 9.29 Å². The third kappa shape index (κ3) is 3.12. The Labute approximate surface area is 127 Å². The summed E-state index contributed by atoms with van der Waals surface area (Å²) >= 11 is 0. The maximum Gasteiger partial charge on any atom is 0.244 e. The Balaban J connectivity index is 2.27. The van der Waals surface area contributed by atoms with Gasteiger partial charge in [0.05, 0.1) is 0 Å². The number of hydrogen-bond acceptors (Lipinski definition) is 4. The van der Waals surface area contributed by atoms with Crippen molar-refractivity contribution in [3.63, 3.8) is 0 Å². The van der Waals surface area contributed by atoms with E-state index in [-0.39, 0.29) is 4.90 Å². The SMILES string of the molecule is CCC1CCC(CN)(N(C)S(=O)(=O)c2cccnc2)CC1. The molecule has 0 spiro atoms. The Morgan fingerprint density at radius 2 is 2.10 bits per heavy atom. The first kappa shape index (κ1) is 16.4. The van der Waals surface area contributed by atoms with Crippen molar-refractivity contribution >= 4 is 10.0 Å². The van der Waals surface area contributed by atoms with Crippen LogP contribution in [0.5, 0.6) is 0 Å². The van der Waals surface area contributed by atoms with Crippen LogP contribution in [0.1, 0.15) is 39.0 Å². The van der Waals surface area contributed by atoms with Crippen molar-refractivity contribution in [1.29, 1.82) is 0 Å². The second-order valence-electron chi connectivity index (χ2n) is 5.94. The van der Waals surface area contributed by atoms with Gasteiger partial charge in [-0.05, 0) is 43.7 Å². The van der Waals surface area contributed by atoms with E-state index in [9.17, 15) is 8.42 Å². The van der Waals surface area contributed by atoms with Gasteiger partial charge in [-0.1, -0.05) is 13.3 Å². The lowest BCUT2D eigenvalue weighted by Gasteiger charge is -2.44. The predicted molar refractivity (Wildman–Crippen MR) is 83.2 cm³/mol. The van der Waals surface area contributed by atoms with Crippen LogP contribution in [0.4, 0.5) is 0 Å². The largest absolute Gasteiger partial charge is 0.329 e. The zero-order valence-electron chi connectivity index (χ0n) is 12.8. The minimum Gasteiger partial charge on any atom is -0.329 e. The molecule has 1 heterocycles. The molecule has 0 unspecified atom stereocenters. The number of pyridine rings is 1. The van der Waals surface area contributed by atoms with E-state index in [0.29, 0.717) is 12.5 Å². The standard InChI is InChI=1S/C15H25N3O2S/c1-3-13-6-8-15(12-16,9-7-13)18(2)21(19,20)14-5-4-10-17-11-14/h4-5,10-11,13H,3,6-9,12,16H2,1-2H3. The molecule has 0 atom stereocenters. The normalized spacial score (nSPS) is 27.0. The molecule has 2 rings (SSSR count). The molecule has 2 N–H and O–H groups in total. The molecule has 1 saturated carbocycles. The van der Waals surface area contributed by atoms with Crippen LogP contribution in [0, 0.1) is 5.92 Å². The van der Waals surface area contributed by atoms with Crippen molar-refractivity contribution in [2.45, 2.75) is 49.5 Å². The van der Waals surface area contributed by atoms with Crippen molar-refractivity contribution in [3.8, 4) is 0 Å². The van der Waals surface area contributed by atoms with Gasteiger partial charge in [0.15, 0.2) is 0 Å². The third-order valence-electron chi connectivity index (χ3n) is 4.95. The van der Waals surface area contributed by atoms with Gasteiger partial charge in [-0.15, -0.1) is 0 Å². The average molecular weight is 311 g/mol. The predicted octanol–water partition coefficient (Wildman–Crippen LogP) is 2.00. The maximum atomic E-state index is 12.8. The van der Waals surface area contributed by atoms with E-state index in [1.807, 2.05) is 0 Å². The van der Waals surface area contributed by atoms with Crippen molar-refractivity contribution in [2.24, 2.45) is 11.7 Å². The van der Waals surface area contributed by atoms with Crippen LogP contribution >= 0.6 is 0 Å². The third-order valence-corrected chi connectivity index (χ3v) is 6.90. The summed E-state index contributed by atoms with van der Waals surface area (Å²) in [5, 5.41) is 0. The molecule has 1 fully saturated rings. The molecule has 6 heteroatoms. The summed E-state index contributed by atoms with van der Waals surface area (Å²) in [6, 6.07) is 3.23. The Bertz CT molecular complexity index is 552. The maximum absolute atomic E-state index is 12.8. The Hall–Kier alpha value is -0.980. The lowest BCUT2D eigenvalue weighted by Crippen LogP contribution is -2.56. The zero-order valence-corrected chi connectivity index (χ0v) is 13.6. The van der Waals surface area contributed by atoms with Gasteiger partial charge >= 0.3 is 0 Å². The topological polar surface area (TPSA) is 76.3 Å². The number of rotatable bonds is 5. The highest BCUT2D eigenvalue weighted by Gasteiger charge is 2.43. The fraction of sp³-hybridized carbons (Fsp3) is 0.667. The van der Waals surface area contributed by atoms with Gasteiger partial charge in [-0.25, -0.2) is 8.42 Å². The quantitative estimate of drug-likeness (QED) is 0.902. The van der Waals surface area contributed by atoms with E-state index in [4.69, 9.17) is 5.73 Å². The van der Waals surface area contributed by atoms with Crippen LogP contribution in [0.25, 0.3) is 0 Å². The smallest absolute Gasteiger partial charge is 0.244 e. The molecule has 0 saturated heterocycles. The molecule has 1 aromatic rings. The van der Waals surface area contributed by atoms with Gasteiger partial charge in [0.1, 0.15) is 4.90 Å². The summed E-state index contributed by atoms with van der Waals surface area (Å²) in [6.45, 7) is 2.55. The van der Waals surface area contributed by atoms with E-state index in [1.54, 1.807) is 25.4 Å². The molecule has 5 nitrogen and oxygen atoms in total. The fourth-order valence-electron chi connectivity index (χ4n) is 3.18. The van der Waals surface area contributed by atoms with Gasteiger partial charge in [0.2, 0.25) is 10.0 Å². The average Bonchev–Trinajstić information content (AvgIpc) is 2.55. The van der Waals surface area contributed by atoms with Crippen LogP contribution in [0.3, 0.4) is 0 Å². The monoisotopic (exact) mass is 311 g/mol. The van der Waals surface area contributed by atoms with E-state index in [2.05, 4.69) is 11.9 Å². The first-order valence-electron chi connectivity index (χ1n) is 7.55. The molecule has 1 aliphatic carbocycles. The molecule has 0 radical (unpaired) electrons. The first-order chi connectivity index (χ1) is 9.96. The molecule has 21 heavy (non-hydrogen) atoms. The molecule has 0 aliphatic heterocycles. The van der Waals surface area contributed by atoms with Crippen LogP contribution in [0.15, 0.2) is 29.4 Å². The van der Waals surface area contributed by atoms with Gasteiger partial charge < -0.3 is 5.73 Å². The Morgan fingerprint density at radius 3 is 2.57 bits per heavy atom. The minimum absolute atomic E-state index is 0.234. The number of hydrogen-bond donors (Lipinski definition) is 1.